The van der Waals surface area contributed by atoms with Gasteiger partial charge in [-0.1, -0.05) is 114 Å². The molecule has 1 aliphatic heterocycles. The number of aryl methyl sites for hydroxylation is 1. The van der Waals surface area contributed by atoms with Crippen molar-refractivity contribution in [3.8, 4) is 5.69 Å². The van der Waals surface area contributed by atoms with E-state index in [1.54, 1.807) is 35.0 Å². The smallest absolute Gasteiger partial charge is 0.242 e. The van der Waals surface area contributed by atoms with E-state index in [1.165, 1.54) is 23.9 Å². The number of para-hydroxylation sites is 1. The highest BCUT2D eigenvalue weighted by molar-refractivity contribution is 7.99. The highest BCUT2D eigenvalue weighted by Gasteiger charge is 2.33. The Labute approximate surface area is 324 Å². The van der Waals surface area contributed by atoms with Crippen LogP contribution in [-0.4, -0.2) is 57.5 Å². The molecule has 0 bridgehead atoms. The van der Waals surface area contributed by atoms with Gasteiger partial charge in [0, 0.05) is 23.4 Å². The van der Waals surface area contributed by atoms with Crippen molar-refractivity contribution >= 4 is 33.4 Å². The molecular formula is C41H40N6O6S2. The molecular weight excluding hydrogens is 737 g/mol. The topological polar surface area (TPSA) is 158 Å². The van der Waals surface area contributed by atoms with Crippen LogP contribution in [0.1, 0.15) is 46.6 Å². The molecule has 3 N–H and O–H groups in total. The summed E-state index contributed by atoms with van der Waals surface area (Å²) in [4.78, 5) is 14.0. The number of rotatable bonds is 14. The van der Waals surface area contributed by atoms with E-state index in [4.69, 9.17) is 9.47 Å². The van der Waals surface area contributed by atoms with Gasteiger partial charge in [0.05, 0.1) is 29.4 Å². The van der Waals surface area contributed by atoms with Crippen LogP contribution in [0.4, 0.5) is 5.69 Å². The maximum atomic E-state index is 13.9. The number of hydrogen-bond acceptors (Lipinski definition) is 10. The summed E-state index contributed by atoms with van der Waals surface area (Å²) in [6.07, 6.45) is -0.739. The van der Waals surface area contributed by atoms with Gasteiger partial charge < -0.3 is 19.9 Å². The number of aromatic nitrogens is 4. The number of tetrazole rings is 1. The van der Waals surface area contributed by atoms with Crippen LogP contribution < -0.4 is 10.0 Å². The van der Waals surface area contributed by atoms with Gasteiger partial charge in [-0.2, -0.15) is 9.40 Å². The van der Waals surface area contributed by atoms with Gasteiger partial charge in [0.2, 0.25) is 21.1 Å². The monoisotopic (exact) mass is 776 g/mol. The second-order valence-electron chi connectivity index (χ2n) is 13.2. The van der Waals surface area contributed by atoms with E-state index >= 15 is 0 Å². The molecule has 7 rings (SSSR count). The molecule has 0 radical (unpaired) electrons. The van der Waals surface area contributed by atoms with E-state index in [9.17, 15) is 18.3 Å². The molecule has 2 heterocycles. The maximum absolute atomic E-state index is 13.9. The van der Waals surface area contributed by atoms with Crippen LogP contribution in [0, 0.1) is 6.92 Å². The van der Waals surface area contributed by atoms with Gasteiger partial charge in [-0.05, 0) is 76.9 Å². The van der Waals surface area contributed by atoms with Crippen molar-refractivity contribution in [1.29, 1.82) is 0 Å². The Hall–Kier alpha value is -5.22. The highest BCUT2D eigenvalue weighted by atomic mass is 32.2. The van der Waals surface area contributed by atoms with Crippen molar-refractivity contribution in [1.82, 2.24) is 24.9 Å². The van der Waals surface area contributed by atoms with Gasteiger partial charge in [0.25, 0.3) is 0 Å². The molecule has 14 heteroatoms. The average molecular weight is 777 g/mol. The number of nitrogens with one attached hydrogen (secondary N) is 2. The molecule has 55 heavy (non-hydrogen) atoms. The number of anilines is 1. The third kappa shape index (κ3) is 9.72. The maximum Gasteiger partial charge on any atom is 0.242 e. The minimum Gasteiger partial charge on any atom is -0.392 e. The number of carbonyl (C=O) groups is 1. The molecule has 1 saturated heterocycles. The van der Waals surface area contributed by atoms with Gasteiger partial charge in [-0.25, -0.2) is 8.42 Å². The fourth-order valence-corrected chi connectivity index (χ4v) is 8.30. The number of aliphatic hydroxyl groups excluding tert-OH is 1. The SMILES string of the molecule is Cc1ccc(S(=O)(=O)N[C@H](Cc2ccccc2)C(=O)Nc2cccc([C@H]3O[C@@H](CSc4nnnn4-c4ccccc4)C[C@@H](c4ccc(CO)cc4)O3)c2)cc1. The van der Waals surface area contributed by atoms with Crippen molar-refractivity contribution in [2.75, 3.05) is 11.1 Å². The number of amides is 1. The molecule has 0 unspecified atom stereocenters. The Bertz CT molecular complexity index is 2290. The summed E-state index contributed by atoms with van der Waals surface area (Å²) in [5.41, 5.74) is 5.40. The largest absolute Gasteiger partial charge is 0.392 e. The van der Waals surface area contributed by atoms with Crippen LogP contribution in [0.3, 0.4) is 0 Å². The van der Waals surface area contributed by atoms with Crippen molar-refractivity contribution in [3.05, 3.63) is 161 Å². The number of sulfonamides is 1. The first kappa shape index (κ1) is 38.1. The van der Waals surface area contributed by atoms with Gasteiger partial charge in [0.1, 0.15) is 6.04 Å². The highest BCUT2D eigenvalue weighted by Crippen LogP contribution is 2.40. The normalized spacial score (nSPS) is 17.7. The van der Waals surface area contributed by atoms with E-state index in [2.05, 4.69) is 25.6 Å². The lowest BCUT2D eigenvalue weighted by atomic mass is 10.0. The third-order valence-electron chi connectivity index (χ3n) is 9.11. The summed E-state index contributed by atoms with van der Waals surface area (Å²) >= 11 is 1.47. The molecule has 282 valence electrons. The Kier molecular flexibility index (Phi) is 12.1. The Morgan fingerprint density at radius 2 is 1.60 bits per heavy atom. The van der Waals surface area contributed by atoms with Gasteiger partial charge in [-0.3, -0.25) is 4.79 Å². The first-order chi connectivity index (χ1) is 26.7. The summed E-state index contributed by atoms with van der Waals surface area (Å²) in [6.45, 7) is 1.81. The predicted molar refractivity (Wildman–Crippen MR) is 209 cm³/mol. The van der Waals surface area contributed by atoms with Gasteiger partial charge in [0.15, 0.2) is 6.29 Å². The van der Waals surface area contributed by atoms with Gasteiger partial charge >= 0.3 is 0 Å². The average Bonchev–Trinajstić information content (AvgIpc) is 3.69. The number of benzene rings is 5. The van der Waals surface area contributed by atoms with E-state index in [0.29, 0.717) is 28.6 Å². The summed E-state index contributed by atoms with van der Waals surface area (Å²) in [7, 11) is -4.02. The van der Waals surface area contributed by atoms with Crippen molar-refractivity contribution in [2.45, 2.75) is 61.0 Å². The van der Waals surface area contributed by atoms with E-state index in [-0.39, 0.29) is 30.1 Å². The molecule has 0 aliphatic carbocycles. The summed E-state index contributed by atoms with van der Waals surface area (Å²) < 4.78 is 44.3. The number of hydrogen-bond donors (Lipinski definition) is 3. The number of thioether (sulfide) groups is 1. The molecule has 0 spiro atoms. The lowest BCUT2D eigenvalue weighted by Crippen LogP contribution is -2.45. The molecule has 1 fully saturated rings. The first-order valence-electron chi connectivity index (χ1n) is 17.7. The molecule has 1 aliphatic rings. The second kappa shape index (κ2) is 17.5. The zero-order valence-electron chi connectivity index (χ0n) is 29.9. The molecule has 5 aromatic carbocycles. The zero-order valence-corrected chi connectivity index (χ0v) is 31.6. The minimum absolute atomic E-state index is 0.0644. The van der Waals surface area contributed by atoms with E-state index in [0.717, 1.165) is 27.9 Å². The van der Waals surface area contributed by atoms with Crippen molar-refractivity contribution < 1.29 is 27.8 Å². The molecule has 0 saturated carbocycles. The standard InChI is InChI=1S/C41H40N6O6S2/c1-28-15-21-36(22-16-28)55(50,51)44-37(23-29-9-4-2-5-10-29)39(49)42-33-12-8-11-32(24-33)40-52-35(25-38(53-40)31-19-17-30(26-48)18-20-31)27-54-41-43-45-46-47(41)34-13-6-3-7-14-34/h2-22,24,35,37-38,40,44,48H,23,25-27H2,1H3,(H,42,49)/t35-,37-,38+,40+/m1/s1. The van der Waals surface area contributed by atoms with Crippen LogP contribution in [0.2, 0.25) is 0 Å². The lowest BCUT2D eigenvalue weighted by molar-refractivity contribution is -0.245. The fraction of sp³-hybridized carbons (Fsp3) is 0.220. The molecule has 6 aromatic rings. The Morgan fingerprint density at radius 1 is 0.873 bits per heavy atom. The lowest BCUT2D eigenvalue weighted by Gasteiger charge is -2.36. The molecule has 4 atom stereocenters. The van der Waals surface area contributed by atoms with Gasteiger partial charge in [-0.15, -0.1) is 5.10 Å². The Balaban J connectivity index is 1.11. The number of carbonyl (C=O) groups excluding carboxylic acids is 1. The first-order valence-corrected chi connectivity index (χ1v) is 20.2. The van der Waals surface area contributed by atoms with Crippen molar-refractivity contribution in [3.63, 3.8) is 0 Å². The van der Waals surface area contributed by atoms with E-state index < -0.39 is 28.3 Å². The third-order valence-corrected chi connectivity index (χ3v) is 11.6. The van der Waals surface area contributed by atoms with Crippen LogP contribution >= 0.6 is 11.8 Å². The van der Waals surface area contributed by atoms with Crippen LogP contribution in [-0.2, 0) is 37.3 Å². The number of nitrogens with zero attached hydrogens (tertiary/aromatic N) is 4. The molecule has 1 aromatic heterocycles. The number of aliphatic hydroxyl groups is 1. The van der Waals surface area contributed by atoms with Crippen LogP contribution in [0.15, 0.2) is 144 Å². The predicted octanol–water partition coefficient (Wildman–Crippen LogP) is 6.33. The second-order valence-corrected chi connectivity index (χ2v) is 15.9. The van der Waals surface area contributed by atoms with Crippen molar-refractivity contribution in [2.24, 2.45) is 0 Å². The summed E-state index contributed by atoms with van der Waals surface area (Å²) in [5, 5.41) is 25.5. The minimum atomic E-state index is -4.02. The summed E-state index contributed by atoms with van der Waals surface area (Å²) in [6, 6.07) is 39.1. The van der Waals surface area contributed by atoms with Crippen LogP contribution in [0.25, 0.3) is 5.69 Å². The summed E-state index contributed by atoms with van der Waals surface area (Å²) in [5.74, 6) is 0.00577. The molecule has 12 nitrogen and oxygen atoms in total. The molecule has 1 amide bonds. The van der Waals surface area contributed by atoms with Crippen LogP contribution in [0.5, 0.6) is 0 Å². The number of ether oxygens (including phenoxy) is 2. The fourth-order valence-electron chi connectivity index (χ4n) is 6.19. The quantitative estimate of drug-likeness (QED) is 0.107. The Morgan fingerprint density at radius 3 is 2.33 bits per heavy atom. The van der Waals surface area contributed by atoms with E-state index in [1.807, 2.05) is 97.9 Å². The zero-order chi connectivity index (χ0) is 38.2.